The summed E-state index contributed by atoms with van der Waals surface area (Å²) in [5.41, 5.74) is 9.37. The van der Waals surface area contributed by atoms with Crippen LogP contribution in [0.25, 0.3) is 11.1 Å². The second-order valence-electron chi connectivity index (χ2n) is 4.46. The summed E-state index contributed by atoms with van der Waals surface area (Å²) < 4.78 is 4.46. The molecule has 2 aromatic rings. The van der Waals surface area contributed by atoms with Crippen LogP contribution in [0, 0.1) is 7.14 Å². The average Bonchev–Trinajstić information content (AvgIpc) is 2.41. The molecule has 0 bridgehead atoms. The third-order valence-corrected chi connectivity index (χ3v) is 7.14. The van der Waals surface area contributed by atoms with Crippen molar-refractivity contribution in [2.75, 3.05) is 11.5 Å². The van der Waals surface area contributed by atoms with Crippen molar-refractivity contribution in [3.63, 3.8) is 0 Å². The van der Waals surface area contributed by atoms with Crippen LogP contribution < -0.4 is 5.73 Å². The molecule has 21 heavy (non-hydrogen) atoms. The van der Waals surface area contributed by atoms with Gasteiger partial charge in [-0.2, -0.15) is 0 Å². The van der Waals surface area contributed by atoms with E-state index in [1.165, 1.54) is 17.6 Å². The Bertz CT molecular complexity index is 677. The molecule has 0 aliphatic carbocycles. The van der Waals surface area contributed by atoms with Gasteiger partial charge in [-0.05, 0) is 103 Å². The van der Waals surface area contributed by atoms with E-state index in [-0.39, 0.29) is 0 Å². The molecule has 0 saturated heterocycles. The molecular weight excluding hydrogens is 640 g/mol. The molecule has 0 spiro atoms. The zero-order valence-corrected chi connectivity index (χ0v) is 19.5. The van der Waals surface area contributed by atoms with Gasteiger partial charge in [-0.15, -0.1) is 11.8 Å². The Hall–Kier alpha value is 1.01. The fourth-order valence-electron chi connectivity index (χ4n) is 1.92. The highest BCUT2D eigenvalue weighted by Gasteiger charge is 2.15. The van der Waals surface area contributed by atoms with Gasteiger partial charge in [-0.25, -0.2) is 0 Å². The van der Waals surface area contributed by atoms with Crippen molar-refractivity contribution in [1.82, 2.24) is 0 Å². The third kappa shape index (κ3) is 4.51. The predicted molar refractivity (Wildman–Crippen MR) is 118 cm³/mol. The zero-order valence-electron chi connectivity index (χ0n) is 11.2. The number of hydrogen-bond donors (Lipinski definition) is 1. The van der Waals surface area contributed by atoms with E-state index in [1.807, 2.05) is 17.8 Å². The number of nitrogen functional groups attached to an aromatic ring is 1. The maximum absolute atomic E-state index is 6.30. The molecule has 0 aromatic heterocycles. The summed E-state index contributed by atoms with van der Waals surface area (Å²) in [5.74, 6) is 1.11. The SMILES string of the molecule is CCCSc1c(I)cc(I)cc1-c1cc(Br)cc(Br)c1N. The van der Waals surface area contributed by atoms with Crippen LogP contribution in [0.4, 0.5) is 5.69 Å². The molecule has 0 amide bonds. The van der Waals surface area contributed by atoms with Crippen LogP contribution in [-0.4, -0.2) is 5.75 Å². The van der Waals surface area contributed by atoms with E-state index in [0.717, 1.165) is 32.4 Å². The number of benzene rings is 2. The van der Waals surface area contributed by atoms with Gasteiger partial charge in [-0.1, -0.05) is 22.9 Å². The van der Waals surface area contributed by atoms with Crippen LogP contribution in [0.3, 0.4) is 0 Å². The second-order valence-corrected chi connectivity index (χ2v) is 9.74. The summed E-state index contributed by atoms with van der Waals surface area (Å²) in [7, 11) is 0. The zero-order chi connectivity index (χ0) is 15.6. The van der Waals surface area contributed by atoms with Gasteiger partial charge in [0.25, 0.3) is 0 Å². The van der Waals surface area contributed by atoms with Gasteiger partial charge in [0.15, 0.2) is 0 Å². The van der Waals surface area contributed by atoms with Gasteiger partial charge in [0, 0.05) is 26.5 Å². The molecule has 0 unspecified atom stereocenters. The molecule has 0 atom stereocenters. The van der Waals surface area contributed by atoms with E-state index < -0.39 is 0 Å². The van der Waals surface area contributed by atoms with Crippen molar-refractivity contribution in [3.8, 4) is 11.1 Å². The van der Waals surface area contributed by atoms with Gasteiger partial charge >= 0.3 is 0 Å². The molecule has 112 valence electrons. The maximum Gasteiger partial charge on any atom is 0.0539 e. The predicted octanol–water partition coefficient (Wildman–Crippen LogP) is 7.17. The fraction of sp³-hybridized carbons (Fsp3) is 0.200. The Labute approximate surface area is 173 Å². The lowest BCUT2D eigenvalue weighted by atomic mass is 10.0. The molecule has 0 heterocycles. The molecule has 2 rings (SSSR count). The smallest absolute Gasteiger partial charge is 0.0539 e. The molecule has 0 aliphatic heterocycles. The number of thioether (sulfide) groups is 1. The number of halogens is 4. The topological polar surface area (TPSA) is 26.0 Å². The van der Waals surface area contributed by atoms with Crippen LogP contribution in [0.5, 0.6) is 0 Å². The summed E-state index contributed by atoms with van der Waals surface area (Å²) in [6.45, 7) is 2.20. The van der Waals surface area contributed by atoms with E-state index >= 15 is 0 Å². The Morgan fingerprint density at radius 2 is 1.81 bits per heavy atom. The maximum atomic E-state index is 6.30. The minimum Gasteiger partial charge on any atom is -0.397 e. The Morgan fingerprint density at radius 3 is 2.48 bits per heavy atom. The molecule has 0 fully saturated rings. The van der Waals surface area contributed by atoms with Crippen LogP contribution in [0.2, 0.25) is 0 Å². The molecular formula is C15H13Br2I2NS. The highest BCUT2D eigenvalue weighted by atomic mass is 127. The Kier molecular flexibility index (Phi) is 7.17. The standard InChI is InChI=1S/C15H13Br2I2NS/c1-2-3-21-15-11(6-9(18)7-13(15)19)10-4-8(16)5-12(17)14(10)20/h4-7H,2-3,20H2,1H3. The van der Waals surface area contributed by atoms with Crippen molar-refractivity contribution in [1.29, 1.82) is 0 Å². The monoisotopic (exact) mass is 651 g/mol. The van der Waals surface area contributed by atoms with Crippen LogP contribution in [-0.2, 0) is 0 Å². The molecule has 2 aromatic carbocycles. The summed E-state index contributed by atoms with van der Waals surface area (Å²) in [6, 6.07) is 8.51. The van der Waals surface area contributed by atoms with E-state index in [9.17, 15) is 0 Å². The second kappa shape index (κ2) is 8.21. The lowest BCUT2D eigenvalue weighted by molar-refractivity contribution is 1.10. The summed E-state index contributed by atoms with van der Waals surface area (Å²) >= 11 is 13.8. The first-order valence-corrected chi connectivity index (χ1v) is 11.0. The van der Waals surface area contributed by atoms with Crippen molar-refractivity contribution in [2.45, 2.75) is 18.2 Å². The summed E-state index contributed by atoms with van der Waals surface area (Å²) in [5, 5.41) is 0. The molecule has 1 nitrogen and oxygen atoms in total. The summed E-state index contributed by atoms with van der Waals surface area (Å²) in [4.78, 5) is 1.31. The minimum absolute atomic E-state index is 0.786. The highest BCUT2D eigenvalue weighted by Crippen LogP contribution is 2.42. The number of rotatable bonds is 4. The van der Waals surface area contributed by atoms with Crippen molar-refractivity contribution in [3.05, 3.63) is 40.4 Å². The lowest BCUT2D eigenvalue weighted by Gasteiger charge is -2.15. The normalized spacial score (nSPS) is 10.9. The number of nitrogens with two attached hydrogens (primary N) is 1. The summed E-state index contributed by atoms with van der Waals surface area (Å²) in [6.07, 6.45) is 1.16. The van der Waals surface area contributed by atoms with Crippen LogP contribution in [0.15, 0.2) is 38.1 Å². The first kappa shape index (κ1) is 18.4. The molecule has 6 heteroatoms. The molecule has 0 saturated carbocycles. The van der Waals surface area contributed by atoms with Gasteiger partial charge in [-0.3, -0.25) is 0 Å². The van der Waals surface area contributed by atoms with E-state index in [2.05, 4.69) is 102 Å². The van der Waals surface area contributed by atoms with E-state index in [0.29, 0.717) is 0 Å². The van der Waals surface area contributed by atoms with Crippen LogP contribution >= 0.6 is 88.8 Å². The minimum atomic E-state index is 0.786. The number of anilines is 1. The first-order chi connectivity index (χ1) is 9.93. The van der Waals surface area contributed by atoms with Crippen molar-refractivity contribution in [2.24, 2.45) is 0 Å². The van der Waals surface area contributed by atoms with Gasteiger partial charge < -0.3 is 5.73 Å². The first-order valence-electron chi connectivity index (χ1n) is 6.30. The van der Waals surface area contributed by atoms with Gasteiger partial charge in [0.2, 0.25) is 0 Å². The Morgan fingerprint density at radius 1 is 1.10 bits per heavy atom. The quantitative estimate of drug-likeness (QED) is 0.215. The van der Waals surface area contributed by atoms with Crippen molar-refractivity contribution < 1.29 is 0 Å². The third-order valence-electron chi connectivity index (χ3n) is 2.84. The number of hydrogen-bond acceptors (Lipinski definition) is 2. The van der Waals surface area contributed by atoms with Crippen molar-refractivity contribution >= 4 is 94.5 Å². The molecule has 2 N–H and O–H groups in total. The molecule has 0 radical (unpaired) electrons. The Balaban J connectivity index is 2.67. The van der Waals surface area contributed by atoms with Crippen LogP contribution in [0.1, 0.15) is 13.3 Å². The lowest BCUT2D eigenvalue weighted by Crippen LogP contribution is -1.96. The molecule has 0 aliphatic rings. The van der Waals surface area contributed by atoms with Gasteiger partial charge in [0.1, 0.15) is 0 Å². The average molecular weight is 653 g/mol. The fourth-order valence-corrected chi connectivity index (χ4v) is 6.39. The largest absolute Gasteiger partial charge is 0.397 e. The van der Waals surface area contributed by atoms with E-state index in [4.69, 9.17) is 5.73 Å². The highest BCUT2D eigenvalue weighted by molar-refractivity contribution is 14.1. The van der Waals surface area contributed by atoms with E-state index in [1.54, 1.807) is 0 Å². The van der Waals surface area contributed by atoms with Gasteiger partial charge in [0.05, 0.1) is 5.69 Å².